The van der Waals surface area contributed by atoms with Crippen molar-refractivity contribution >= 4 is 64.1 Å². The number of para-hydroxylation sites is 1. The van der Waals surface area contributed by atoms with Gasteiger partial charge < -0.3 is 4.74 Å². The predicted octanol–water partition coefficient (Wildman–Crippen LogP) is 5.71. The van der Waals surface area contributed by atoms with E-state index >= 15 is 0 Å². The van der Waals surface area contributed by atoms with E-state index in [0.29, 0.717) is 17.9 Å². The molecule has 2 amide bonds. The van der Waals surface area contributed by atoms with E-state index in [1.807, 2.05) is 37.3 Å². The number of nitrogens with one attached hydrogen (secondary N) is 1. The van der Waals surface area contributed by atoms with Crippen molar-refractivity contribution in [2.75, 3.05) is 4.90 Å². The van der Waals surface area contributed by atoms with Gasteiger partial charge in [0.1, 0.15) is 17.9 Å². The highest BCUT2D eigenvalue weighted by Gasteiger charge is 2.35. The molecule has 3 aromatic rings. The van der Waals surface area contributed by atoms with Gasteiger partial charge in [0, 0.05) is 5.56 Å². The van der Waals surface area contributed by atoms with Crippen molar-refractivity contribution in [2.24, 2.45) is 0 Å². The van der Waals surface area contributed by atoms with E-state index in [0.717, 1.165) is 16.0 Å². The topological polar surface area (TPSA) is 58.6 Å². The van der Waals surface area contributed by atoms with E-state index in [-0.39, 0.29) is 26.4 Å². The van der Waals surface area contributed by atoms with Gasteiger partial charge in [-0.3, -0.25) is 19.8 Å². The number of hydrogen-bond acceptors (Lipinski definition) is 4. The average molecular weight is 497 g/mol. The van der Waals surface area contributed by atoms with Gasteiger partial charge >= 0.3 is 0 Å². The molecule has 4 rings (SSSR count). The van der Waals surface area contributed by atoms with Crippen LogP contribution in [0, 0.1) is 6.92 Å². The second kappa shape index (κ2) is 9.75. The Bertz CT molecular complexity index is 1290. The molecule has 0 radical (unpaired) electrons. The Labute approximate surface area is 206 Å². The summed E-state index contributed by atoms with van der Waals surface area (Å²) in [5, 5.41) is 2.90. The molecule has 8 heteroatoms. The summed E-state index contributed by atoms with van der Waals surface area (Å²) in [6.45, 7) is 2.36. The van der Waals surface area contributed by atoms with Gasteiger partial charge in [-0.2, -0.15) is 0 Å². The minimum absolute atomic E-state index is 0.0739. The molecule has 3 aromatic carbocycles. The summed E-state index contributed by atoms with van der Waals surface area (Å²) in [7, 11) is 0. The van der Waals surface area contributed by atoms with Crippen molar-refractivity contribution < 1.29 is 14.3 Å². The van der Waals surface area contributed by atoms with Crippen molar-refractivity contribution in [3.63, 3.8) is 0 Å². The maximum absolute atomic E-state index is 13.3. The molecular formula is C25H18Cl2N2O3S. The molecule has 33 heavy (non-hydrogen) atoms. The first-order valence-corrected chi connectivity index (χ1v) is 11.1. The molecule has 1 N–H and O–H groups in total. The third-order valence-electron chi connectivity index (χ3n) is 5.01. The highest BCUT2D eigenvalue weighted by molar-refractivity contribution is 7.80. The molecule has 0 atom stereocenters. The summed E-state index contributed by atoms with van der Waals surface area (Å²) in [4.78, 5) is 27.1. The Morgan fingerprint density at radius 1 is 1.00 bits per heavy atom. The molecule has 0 unspecified atom stereocenters. The predicted molar refractivity (Wildman–Crippen MR) is 135 cm³/mol. The molecule has 0 aliphatic carbocycles. The van der Waals surface area contributed by atoms with Crippen LogP contribution in [0.1, 0.15) is 16.7 Å². The van der Waals surface area contributed by atoms with Gasteiger partial charge in [0.25, 0.3) is 11.8 Å². The quantitative estimate of drug-likeness (QED) is 0.279. The highest BCUT2D eigenvalue weighted by atomic mass is 35.5. The number of nitrogens with zero attached hydrogens (tertiary/aromatic N) is 1. The van der Waals surface area contributed by atoms with Gasteiger partial charge in [0.2, 0.25) is 0 Å². The van der Waals surface area contributed by atoms with Crippen molar-refractivity contribution in [1.82, 2.24) is 5.32 Å². The minimum Gasteiger partial charge on any atom is -0.488 e. The number of carbonyl (C=O) groups excluding carboxylic acids is 2. The molecule has 1 saturated heterocycles. The zero-order chi connectivity index (χ0) is 23.5. The third kappa shape index (κ3) is 4.93. The molecule has 1 aliphatic rings. The Balaban J connectivity index is 1.66. The number of benzene rings is 3. The molecule has 0 bridgehead atoms. The van der Waals surface area contributed by atoms with Gasteiger partial charge in [-0.1, -0.05) is 77.3 Å². The van der Waals surface area contributed by atoms with Gasteiger partial charge in [-0.25, -0.2) is 0 Å². The molecule has 0 spiro atoms. The smallest absolute Gasteiger partial charge is 0.270 e. The molecule has 1 fully saturated rings. The molecule has 0 saturated carbocycles. The SMILES string of the molecule is Cc1ccc(COc2ccccc2/C=C2\C(=O)NC(=S)N(c3cccc(Cl)c3Cl)C2=O)cc1. The van der Waals surface area contributed by atoms with Crippen molar-refractivity contribution in [3.8, 4) is 5.75 Å². The normalized spacial score (nSPS) is 15.1. The molecular weight excluding hydrogens is 479 g/mol. The highest BCUT2D eigenvalue weighted by Crippen LogP contribution is 2.34. The van der Waals surface area contributed by atoms with Crippen molar-refractivity contribution in [1.29, 1.82) is 0 Å². The van der Waals surface area contributed by atoms with Gasteiger partial charge in [0.15, 0.2) is 5.11 Å². The molecule has 166 valence electrons. The lowest BCUT2D eigenvalue weighted by molar-refractivity contribution is -0.122. The molecule has 5 nitrogen and oxygen atoms in total. The maximum Gasteiger partial charge on any atom is 0.270 e. The number of halogens is 2. The second-order valence-corrected chi connectivity index (χ2v) is 8.51. The number of anilines is 1. The molecule has 1 heterocycles. The first-order chi connectivity index (χ1) is 15.8. The van der Waals surface area contributed by atoms with E-state index < -0.39 is 11.8 Å². The lowest BCUT2D eigenvalue weighted by Crippen LogP contribution is -2.54. The fraction of sp³-hybridized carbons (Fsp3) is 0.0800. The van der Waals surface area contributed by atoms with E-state index in [1.54, 1.807) is 36.4 Å². The zero-order valence-corrected chi connectivity index (χ0v) is 19.8. The fourth-order valence-electron chi connectivity index (χ4n) is 3.27. The second-order valence-electron chi connectivity index (χ2n) is 7.34. The van der Waals surface area contributed by atoms with E-state index in [1.165, 1.54) is 6.08 Å². The summed E-state index contributed by atoms with van der Waals surface area (Å²) in [6, 6.07) is 20.0. The number of amides is 2. The van der Waals surface area contributed by atoms with Crippen LogP contribution >= 0.6 is 35.4 Å². The first-order valence-electron chi connectivity index (χ1n) is 9.98. The van der Waals surface area contributed by atoms with Crippen molar-refractivity contribution in [2.45, 2.75) is 13.5 Å². The van der Waals surface area contributed by atoms with Crippen LogP contribution in [-0.2, 0) is 16.2 Å². The minimum atomic E-state index is -0.610. The monoisotopic (exact) mass is 496 g/mol. The summed E-state index contributed by atoms with van der Waals surface area (Å²) in [5.74, 6) is -0.680. The zero-order valence-electron chi connectivity index (χ0n) is 17.5. The summed E-state index contributed by atoms with van der Waals surface area (Å²) in [6.07, 6.45) is 1.48. The Morgan fingerprint density at radius 2 is 1.73 bits per heavy atom. The largest absolute Gasteiger partial charge is 0.488 e. The first kappa shape index (κ1) is 23.0. The number of carbonyl (C=O) groups is 2. The van der Waals surface area contributed by atoms with Gasteiger partial charge in [-0.15, -0.1) is 0 Å². The standard InChI is InChI=1S/C25H18Cl2N2O3S/c1-15-9-11-16(12-10-15)14-32-21-8-3-2-5-17(21)13-18-23(30)28-25(33)29(24(18)31)20-7-4-6-19(26)22(20)27/h2-13H,14H2,1H3,(H,28,30,33)/b18-13+. The lowest BCUT2D eigenvalue weighted by atomic mass is 10.1. The number of ether oxygens (including phenoxy) is 1. The molecule has 1 aliphatic heterocycles. The average Bonchev–Trinajstić information content (AvgIpc) is 2.79. The van der Waals surface area contributed by atoms with Gasteiger partial charge in [0.05, 0.1) is 15.7 Å². The van der Waals surface area contributed by atoms with Crippen LogP contribution in [0.5, 0.6) is 5.75 Å². The van der Waals surface area contributed by atoms with Crippen LogP contribution < -0.4 is 15.0 Å². The third-order valence-corrected chi connectivity index (χ3v) is 6.10. The van der Waals surface area contributed by atoms with Crippen LogP contribution in [-0.4, -0.2) is 16.9 Å². The Morgan fingerprint density at radius 3 is 2.48 bits per heavy atom. The van der Waals surface area contributed by atoms with Crippen LogP contribution in [0.2, 0.25) is 10.0 Å². The summed E-state index contributed by atoms with van der Waals surface area (Å²) in [5.41, 5.74) is 2.92. The van der Waals surface area contributed by atoms with E-state index in [4.69, 9.17) is 40.2 Å². The fourth-order valence-corrected chi connectivity index (χ4v) is 3.93. The maximum atomic E-state index is 13.3. The van der Waals surface area contributed by atoms with Crippen molar-refractivity contribution in [3.05, 3.63) is 99.0 Å². The van der Waals surface area contributed by atoms with Crippen LogP contribution in [0.15, 0.2) is 72.3 Å². The number of thiocarbonyl (C=S) groups is 1. The van der Waals surface area contributed by atoms with Crippen LogP contribution in [0.4, 0.5) is 5.69 Å². The lowest BCUT2D eigenvalue weighted by Gasteiger charge is -2.29. The van der Waals surface area contributed by atoms with Crippen LogP contribution in [0.25, 0.3) is 6.08 Å². The Kier molecular flexibility index (Phi) is 6.79. The number of rotatable bonds is 5. The van der Waals surface area contributed by atoms with Gasteiger partial charge in [-0.05, 0) is 49.0 Å². The molecule has 0 aromatic heterocycles. The summed E-state index contributed by atoms with van der Waals surface area (Å²) >= 11 is 17.6. The van der Waals surface area contributed by atoms with E-state index in [2.05, 4.69) is 5.32 Å². The number of hydrogen-bond donors (Lipinski definition) is 1. The Hall–Kier alpha value is -3.19. The summed E-state index contributed by atoms with van der Waals surface area (Å²) < 4.78 is 5.98. The van der Waals surface area contributed by atoms with Crippen LogP contribution in [0.3, 0.4) is 0 Å². The number of aryl methyl sites for hydroxylation is 1. The van der Waals surface area contributed by atoms with E-state index in [9.17, 15) is 9.59 Å².